The molecule has 29 heavy (non-hydrogen) atoms. The van der Waals surface area contributed by atoms with Crippen molar-refractivity contribution in [3.05, 3.63) is 59.4 Å². The number of amides is 3. The van der Waals surface area contributed by atoms with Gasteiger partial charge in [0.25, 0.3) is 11.1 Å². The lowest BCUT2D eigenvalue weighted by molar-refractivity contribution is -0.139. The van der Waals surface area contributed by atoms with E-state index in [1.807, 2.05) is 36.5 Å². The summed E-state index contributed by atoms with van der Waals surface area (Å²) in [5.41, 5.74) is 3.12. The molecule has 1 unspecified atom stereocenters. The SMILES string of the molecule is CCC(=O)N1C(=O)SC(Cc2ccc(OCCc3ccc(CC)cn3)cc2)C1=O. The normalized spacial score (nSPS) is 16.3. The van der Waals surface area contributed by atoms with Gasteiger partial charge in [0, 0.05) is 24.7 Å². The van der Waals surface area contributed by atoms with Crippen LogP contribution in [0.15, 0.2) is 42.6 Å². The molecule has 1 saturated heterocycles. The van der Waals surface area contributed by atoms with E-state index in [1.165, 1.54) is 5.56 Å². The van der Waals surface area contributed by atoms with Crippen molar-refractivity contribution in [2.75, 3.05) is 6.61 Å². The number of carbonyl (C=O) groups excluding carboxylic acids is 3. The maximum atomic E-state index is 12.3. The molecule has 1 fully saturated rings. The van der Waals surface area contributed by atoms with Crippen LogP contribution in [0.2, 0.25) is 0 Å². The smallest absolute Gasteiger partial charge is 0.295 e. The zero-order valence-corrected chi connectivity index (χ0v) is 17.4. The van der Waals surface area contributed by atoms with Gasteiger partial charge in [-0.1, -0.05) is 43.8 Å². The lowest BCUT2D eigenvalue weighted by Crippen LogP contribution is -2.37. The second-order valence-corrected chi connectivity index (χ2v) is 7.91. The highest BCUT2D eigenvalue weighted by atomic mass is 32.2. The monoisotopic (exact) mass is 412 g/mol. The van der Waals surface area contributed by atoms with Crippen LogP contribution in [-0.4, -0.2) is 38.8 Å². The van der Waals surface area contributed by atoms with Crippen LogP contribution in [0.25, 0.3) is 0 Å². The number of pyridine rings is 1. The van der Waals surface area contributed by atoms with Crippen LogP contribution in [0.3, 0.4) is 0 Å². The summed E-state index contributed by atoms with van der Waals surface area (Å²) >= 11 is 0.917. The molecule has 1 aromatic heterocycles. The first-order valence-corrected chi connectivity index (χ1v) is 10.6. The third kappa shape index (κ3) is 5.23. The van der Waals surface area contributed by atoms with Crippen molar-refractivity contribution in [1.29, 1.82) is 0 Å². The lowest BCUT2D eigenvalue weighted by Gasteiger charge is -2.11. The number of carbonyl (C=O) groups is 3. The second kappa shape index (κ2) is 9.69. The third-order valence-corrected chi connectivity index (χ3v) is 5.78. The average Bonchev–Trinajstić information content (AvgIpc) is 3.02. The molecule has 0 spiro atoms. The molecule has 3 amide bonds. The molecule has 1 atom stereocenters. The first-order chi connectivity index (χ1) is 14.0. The van der Waals surface area contributed by atoms with E-state index in [-0.39, 0.29) is 6.42 Å². The molecule has 1 aliphatic heterocycles. The van der Waals surface area contributed by atoms with Gasteiger partial charge in [-0.15, -0.1) is 0 Å². The van der Waals surface area contributed by atoms with Gasteiger partial charge in [-0.25, -0.2) is 4.90 Å². The van der Waals surface area contributed by atoms with E-state index in [4.69, 9.17) is 4.74 Å². The Hall–Kier alpha value is -2.67. The van der Waals surface area contributed by atoms with Gasteiger partial charge in [0.05, 0.1) is 11.9 Å². The maximum absolute atomic E-state index is 12.3. The standard InChI is InChI=1S/C22H24N2O4S/c1-3-15-5-8-17(23-14-15)11-12-28-18-9-6-16(7-10-18)13-19-21(26)24(20(25)4-2)22(27)29-19/h5-10,14,19H,3-4,11-13H2,1-2H3. The van der Waals surface area contributed by atoms with Crippen LogP contribution in [0.1, 0.15) is 37.1 Å². The van der Waals surface area contributed by atoms with E-state index < -0.39 is 22.3 Å². The van der Waals surface area contributed by atoms with Crippen molar-refractivity contribution in [2.24, 2.45) is 0 Å². The molecule has 0 N–H and O–H groups in total. The van der Waals surface area contributed by atoms with Gasteiger partial charge < -0.3 is 4.74 Å². The molecule has 2 aromatic rings. The fraction of sp³-hybridized carbons (Fsp3) is 0.364. The molecule has 7 heteroatoms. The summed E-state index contributed by atoms with van der Waals surface area (Å²) in [5, 5.41) is -1.03. The summed E-state index contributed by atoms with van der Waals surface area (Å²) in [5.74, 6) is -0.130. The number of thioether (sulfide) groups is 1. The number of hydrogen-bond acceptors (Lipinski definition) is 6. The van der Waals surface area contributed by atoms with E-state index in [0.29, 0.717) is 13.0 Å². The summed E-state index contributed by atoms with van der Waals surface area (Å²) in [6.45, 7) is 4.26. The molecule has 0 saturated carbocycles. The maximum Gasteiger partial charge on any atom is 0.295 e. The average molecular weight is 413 g/mol. The third-order valence-electron chi connectivity index (χ3n) is 4.74. The molecule has 6 nitrogen and oxygen atoms in total. The minimum absolute atomic E-state index is 0.134. The summed E-state index contributed by atoms with van der Waals surface area (Å²) in [7, 11) is 0. The van der Waals surface area contributed by atoms with Gasteiger partial charge in [-0.2, -0.15) is 0 Å². The fourth-order valence-corrected chi connectivity index (χ4v) is 4.01. The Bertz CT molecular complexity index is 881. The van der Waals surface area contributed by atoms with E-state index in [1.54, 1.807) is 6.92 Å². The summed E-state index contributed by atoms with van der Waals surface area (Å²) in [4.78, 5) is 41.2. The minimum Gasteiger partial charge on any atom is -0.493 e. The zero-order valence-electron chi connectivity index (χ0n) is 16.6. The Morgan fingerprint density at radius 1 is 1.10 bits per heavy atom. The molecule has 0 bridgehead atoms. The molecule has 1 aromatic carbocycles. The molecule has 0 aliphatic carbocycles. The first-order valence-electron chi connectivity index (χ1n) is 9.74. The Morgan fingerprint density at radius 2 is 1.83 bits per heavy atom. The van der Waals surface area contributed by atoms with Crippen molar-refractivity contribution in [3.63, 3.8) is 0 Å². The van der Waals surface area contributed by atoms with Crippen molar-refractivity contribution < 1.29 is 19.1 Å². The van der Waals surface area contributed by atoms with E-state index in [2.05, 4.69) is 18.0 Å². The number of imide groups is 3. The van der Waals surface area contributed by atoms with Crippen molar-refractivity contribution in [1.82, 2.24) is 9.88 Å². The highest BCUT2D eigenvalue weighted by molar-refractivity contribution is 8.15. The second-order valence-electron chi connectivity index (χ2n) is 6.75. The molecule has 0 radical (unpaired) electrons. The number of ether oxygens (including phenoxy) is 1. The van der Waals surface area contributed by atoms with Gasteiger partial charge in [0.1, 0.15) is 5.75 Å². The molecule has 3 rings (SSSR count). The zero-order chi connectivity index (χ0) is 20.8. The predicted molar refractivity (Wildman–Crippen MR) is 112 cm³/mol. The quantitative estimate of drug-likeness (QED) is 0.656. The number of rotatable bonds is 8. The van der Waals surface area contributed by atoms with Gasteiger partial charge >= 0.3 is 0 Å². The van der Waals surface area contributed by atoms with Gasteiger partial charge in [-0.05, 0) is 42.2 Å². The highest BCUT2D eigenvalue weighted by Crippen LogP contribution is 2.30. The van der Waals surface area contributed by atoms with Crippen molar-refractivity contribution in [2.45, 2.75) is 44.8 Å². The van der Waals surface area contributed by atoms with Crippen LogP contribution in [0, 0.1) is 0 Å². The van der Waals surface area contributed by atoms with Crippen LogP contribution in [0.4, 0.5) is 4.79 Å². The number of nitrogens with zero attached hydrogens (tertiary/aromatic N) is 2. The van der Waals surface area contributed by atoms with Crippen molar-refractivity contribution in [3.8, 4) is 5.75 Å². The largest absolute Gasteiger partial charge is 0.493 e. The van der Waals surface area contributed by atoms with E-state index in [9.17, 15) is 14.4 Å². The van der Waals surface area contributed by atoms with Gasteiger partial charge in [0.2, 0.25) is 5.91 Å². The number of aryl methyl sites for hydroxylation is 1. The Morgan fingerprint density at radius 3 is 2.45 bits per heavy atom. The summed E-state index contributed by atoms with van der Waals surface area (Å²) in [6, 6.07) is 11.6. The molecular formula is C22H24N2O4S. The predicted octanol–water partition coefficient (Wildman–Crippen LogP) is 3.81. The Labute approximate surface area is 174 Å². The van der Waals surface area contributed by atoms with Crippen LogP contribution >= 0.6 is 11.8 Å². The van der Waals surface area contributed by atoms with Crippen LogP contribution < -0.4 is 4.74 Å². The highest BCUT2D eigenvalue weighted by Gasteiger charge is 2.42. The molecule has 1 aliphatic rings. The Balaban J connectivity index is 1.50. The topological polar surface area (TPSA) is 76.6 Å². The number of hydrogen-bond donors (Lipinski definition) is 0. The molecule has 2 heterocycles. The summed E-state index contributed by atoms with van der Waals surface area (Å²) < 4.78 is 5.77. The van der Waals surface area contributed by atoms with Gasteiger partial charge in [0.15, 0.2) is 0 Å². The molecule has 152 valence electrons. The van der Waals surface area contributed by atoms with Gasteiger partial charge in [-0.3, -0.25) is 19.4 Å². The number of aromatic nitrogens is 1. The minimum atomic E-state index is -0.554. The van der Waals surface area contributed by atoms with E-state index in [0.717, 1.165) is 46.5 Å². The van der Waals surface area contributed by atoms with Crippen molar-refractivity contribution >= 4 is 28.8 Å². The number of benzene rings is 1. The first kappa shape index (κ1) is 21.0. The summed E-state index contributed by atoms with van der Waals surface area (Å²) in [6.07, 6.45) is 4.13. The Kier molecular flexibility index (Phi) is 7.04. The van der Waals surface area contributed by atoms with Crippen LogP contribution in [-0.2, 0) is 28.9 Å². The van der Waals surface area contributed by atoms with E-state index >= 15 is 0 Å². The lowest BCUT2D eigenvalue weighted by atomic mass is 10.1. The fourth-order valence-electron chi connectivity index (χ4n) is 2.99. The van der Waals surface area contributed by atoms with Crippen LogP contribution in [0.5, 0.6) is 5.75 Å². The molecular weight excluding hydrogens is 388 g/mol.